The van der Waals surface area contributed by atoms with Crippen LogP contribution < -0.4 is 10.6 Å². The normalized spacial score (nSPS) is 23.1. The molecule has 98 valence electrons. The topological polar surface area (TPSA) is 41.1 Å². The van der Waals surface area contributed by atoms with E-state index >= 15 is 0 Å². The Kier molecular flexibility index (Phi) is 3.71. The number of benzene rings is 1. The lowest BCUT2D eigenvalue weighted by atomic mass is 9.83. The first-order chi connectivity index (χ1) is 8.59. The Morgan fingerprint density at radius 1 is 1.44 bits per heavy atom. The van der Waals surface area contributed by atoms with Gasteiger partial charge in [-0.05, 0) is 50.4 Å². The highest BCUT2D eigenvalue weighted by Gasteiger charge is 2.39. The van der Waals surface area contributed by atoms with Crippen LogP contribution in [-0.2, 0) is 4.79 Å². The molecule has 3 heteroatoms. The number of nitrogens with one attached hydrogen (secondary N) is 2. The summed E-state index contributed by atoms with van der Waals surface area (Å²) in [4.78, 5) is 12.5. The van der Waals surface area contributed by atoms with E-state index in [0.29, 0.717) is 0 Å². The molecule has 1 fully saturated rings. The molecule has 2 N–H and O–H groups in total. The minimum Gasteiger partial charge on any atom is -0.325 e. The Bertz CT molecular complexity index is 448. The smallest absolute Gasteiger partial charge is 0.231 e. The largest absolute Gasteiger partial charge is 0.325 e. The lowest BCUT2D eigenvalue weighted by molar-refractivity contribution is -0.124. The SMILES string of the molecule is CCC1(C(=O)Nc2cccc(C)c2C)CCNC1. The van der Waals surface area contributed by atoms with E-state index in [9.17, 15) is 4.79 Å². The van der Waals surface area contributed by atoms with Gasteiger partial charge in [0.2, 0.25) is 5.91 Å². The second kappa shape index (κ2) is 5.11. The molecule has 0 saturated carbocycles. The molecule has 0 aromatic heterocycles. The van der Waals surface area contributed by atoms with Crippen LogP contribution in [0.2, 0.25) is 0 Å². The maximum absolute atomic E-state index is 12.5. The van der Waals surface area contributed by atoms with Crippen molar-refractivity contribution < 1.29 is 4.79 Å². The van der Waals surface area contributed by atoms with Crippen LogP contribution >= 0.6 is 0 Å². The summed E-state index contributed by atoms with van der Waals surface area (Å²) in [7, 11) is 0. The minimum atomic E-state index is -0.226. The van der Waals surface area contributed by atoms with E-state index < -0.39 is 0 Å². The lowest BCUT2D eigenvalue weighted by Gasteiger charge is -2.25. The molecular formula is C15H22N2O. The van der Waals surface area contributed by atoms with Gasteiger partial charge in [0.15, 0.2) is 0 Å². The fourth-order valence-electron chi connectivity index (χ4n) is 2.54. The summed E-state index contributed by atoms with van der Waals surface area (Å²) < 4.78 is 0. The number of rotatable bonds is 3. The van der Waals surface area contributed by atoms with Crippen molar-refractivity contribution in [2.75, 3.05) is 18.4 Å². The molecule has 1 aliphatic rings. The molecule has 1 amide bonds. The maximum atomic E-state index is 12.5. The fourth-order valence-corrected chi connectivity index (χ4v) is 2.54. The Hall–Kier alpha value is -1.35. The Morgan fingerprint density at radius 3 is 2.83 bits per heavy atom. The van der Waals surface area contributed by atoms with Crippen molar-refractivity contribution in [1.29, 1.82) is 0 Å². The molecule has 1 atom stereocenters. The third-order valence-electron chi connectivity index (χ3n) is 4.25. The number of anilines is 1. The van der Waals surface area contributed by atoms with Crippen LogP contribution in [0.3, 0.4) is 0 Å². The molecule has 0 aliphatic carbocycles. The summed E-state index contributed by atoms with van der Waals surface area (Å²) in [6.45, 7) is 7.94. The Morgan fingerprint density at radius 2 is 2.22 bits per heavy atom. The Labute approximate surface area is 109 Å². The van der Waals surface area contributed by atoms with Crippen molar-refractivity contribution >= 4 is 11.6 Å². The number of carbonyl (C=O) groups is 1. The third-order valence-corrected chi connectivity index (χ3v) is 4.25. The van der Waals surface area contributed by atoms with E-state index in [2.05, 4.69) is 37.5 Å². The zero-order chi connectivity index (χ0) is 13.2. The van der Waals surface area contributed by atoms with E-state index in [4.69, 9.17) is 0 Å². The van der Waals surface area contributed by atoms with E-state index in [0.717, 1.165) is 37.2 Å². The number of hydrogen-bond donors (Lipinski definition) is 2. The van der Waals surface area contributed by atoms with Gasteiger partial charge in [0.05, 0.1) is 5.41 Å². The van der Waals surface area contributed by atoms with Gasteiger partial charge in [-0.25, -0.2) is 0 Å². The van der Waals surface area contributed by atoms with Gasteiger partial charge in [0, 0.05) is 12.2 Å². The first-order valence-electron chi connectivity index (χ1n) is 6.67. The van der Waals surface area contributed by atoms with E-state index in [1.54, 1.807) is 0 Å². The van der Waals surface area contributed by atoms with E-state index in [1.165, 1.54) is 5.56 Å². The molecule has 3 nitrogen and oxygen atoms in total. The van der Waals surface area contributed by atoms with Crippen LogP contribution in [0, 0.1) is 19.3 Å². The van der Waals surface area contributed by atoms with Gasteiger partial charge in [0.1, 0.15) is 0 Å². The van der Waals surface area contributed by atoms with Crippen molar-refractivity contribution in [1.82, 2.24) is 5.32 Å². The summed E-state index contributed by atoms with van der Waals surface area (Å²) in [5.74, 6) is 0.156. The van der Waals surface area contributed by atoms with Crippen LogP contribution in [0.5, 0.6) is 0 Å². The van der Waals surface area contributed by atoms with Crippen molar-refractivity contribution in [2.24, 2.45) is 5.41 Å². The third kappa shape index (κ3) is 2.27. The molecule has 1 aromatic rings. The van der Waals surface area contributed by atoms with Crippen LogP contribution in [0.25, 0.3) is 0 Å². The summed E-state index contributed by atoms with van der Waals surface area (Å²) in [6, 6.07) is 6.03. The number of hydrogen-bond acceptors (Lipinski definition) is 2. The quantitative estimate of drug-likeness (QED) is 0.861. The second-order valence-electron chi connectivity index (χ2n) is 5.26. The van der Waals surface area contributed by atoms with Crippen molar-refractivity contribution in [3.8, 4) is 0 Å². The van der Waals surface area contributed by atoms with Gasteiger partial charge in [-0.15, -0.1) is 0 Å². The highest BCUT2D eigenvalue weighted by Crippen LogP contribution is 2.31. The molecule has 1 saturated heterocycles. The van der Waals surface area contributed by atoms with Crippen molar-refractivity contribution in [3.63, 3.8) is 0 Å². The minimum absolute atomic E-state index is 0.156. The summed E-state index contributed by atoms with van der Waals surface area (Å²) in [5, 5.41) is 6.40. The molecule has 18 heavy (non-hydrogen) atoms. The molecule has 1 unspecified atom stereocenters. The van der Waals surface area contributed by atoms with Crippen molar-refractivity contribution in [3.05, 3.63) is 29.3 Å². The molecule has 1 heterocycles. The predicted molar refractivity (Wildman–Crippen MR) is 74.8 cm³/mol. The van der Waals surface area contributed by atoms with Gasteiger partial charge < -0.3 is 10.6 Å². The molecule has 1 aromatic carbocycles. The first-order valence-corrected chi connectivity index (χ1v) is 6.67. The average Bonchev–Trinajstić information content (AvgIpc) is 2.85. The molecule has 0 radical (unpaired) electrons. The number of amides is 1. The molecular weight excluding hydrogens is 224 g/mol. The number of aryl methyl sites for hydroxylation is 1. The maximum Gasteiger partial charge on any atom is 0.231 e. The monoisotopic (exact) mass is 246 g/mol. The van der Waals surface area contributed by atoms with Gasteiger partial charge in [-0.3, -0.25) is 4.79 Å². The molecule has 0 bridgehead atoms. The van der Waals surface area contributed by atoms with Crippen molar-refractivity contribution in [2.45, 2.75) is 33.6 Å². The highest BCUT2D eigenvalue weighted by molar-refractivity contribution is 5.96. The van der Waals surface area contributed by atoms with Crippen LogP contribution in [0.4, 0.5) is 5.69 Å². The fraction of sp³-hybridized carbons (Fsp3) is 0.533. The van der Waals surface area contributed by atoms with E-state index in [-0.39, 0.29) is 11.3 Å². The second-order valence-corrected chi connectivity index (χ2v) is 5.26. The summed E-state index contributed by atoms with van der Waals surface area (Å²) >= 11 is 0. The van der Waals surface area contributed by atoms with Gasteiger partial charge >= 0.3 is 0 Å². The standard InChI is InChI=1S/C15H22N2O/c1-4-15(8-9-16-10-15)14(18)17-13-7-5-6-11(2)12(13)3/h5-7,16H,4,8-10H2,1-3H3,(H,17,18). The molecule has 0 spiro atoms. The Balaban J connectivity index is 2.18. The van der Waals surface area contributed by atoms with E-state index in [1.807, 2.05) is 12.1 Å². The van der Waals surface area contributed by atoms with Gasteiger partial charge in [0.25, 0.3) is 0 Å². The summed E-state index contributed by atoms with van der Waals surface area (Å²) in [6.07, 6.45) is 1.82. The van der Waals surface area contributed by atoms with Crippen LogP contribution in [0.1, 0.15) is 30.9 Å². The van der Waals surface area contributed by atoms with Gasteiger partial charge in [-0.1, -0.05) is 19.1 Å². The zero-order valence-electron chi connectivity index (χ0n) is 11.5. The molecule has 1 aliphatic heterocycles. The zero-order valence-corrected chi connectivity index (χ0v) is 11.5. The van der Waals surface area contributed by atoms with Crippen LogP contribution in [0.15, 0.2) is 18.2 Å². The summed E-state index contributed by atoms with van der Waals surface area (Å²) in [5.41, 5.74) is 3.08. The number of carbonyl (C=O) groups excluding carboxylic acids is 1. The van der Waals surface area contributed by atoms with Crippen LogP contribution in [-0.4, -0.2) is 19.0 Å². The predicted octanol–water partition coefficient (Wildman–Crippen LogP) is 2.63. The lowest BCUT2D eigenvalue weighted by Crippen LogP contribution is -2.37. The highest BCUT2D eigenvalue weighted by atomic mass is 16.2. The molecule has 2 rings (SSSR count). The van der Waals surface area contributed by atoms with Gasteiger partial charge in [-0.2, -0.15) is 0 Å². The average molecular weight is 246 g/mol. The first kappa shape index (κ1) is 13.1.